The molecular weight excluding hydrogens is 274 g/mol. The van der Waals surface area contributed by atoms with Crippen LogP contribution in [0.2, 0.25) is 0 Å². The third-order valence-electron chi connectivity index (χ3n) is 3.11. The topological polar surface area (TPSA) is 53.8 Å². The Kier molecular flexibility index (Phi) is 4.15. The minimum atomic E-state index is 0. The molecule has 0 amide bonds. The van der Waals surface area contributed by atoms with E-state index in [0.717, 1.165) is 17.0 Å². The number of hydrogen-bond donors (Lipinski definition) is 1. The Morgan fingerprint density at radius 1 is 1.20 bits per heavy atom. The summed E-state index contributed by atoms with van der Waals surface area (Å²) in [4.78, 5) is 0. The molecule has 1 aliphatic carbocycles. The van der Waals surface area contributed by atoms with Crippen molar-refractivity contribution in [3.05, 3.63) is 54.3 Å². The minimum absolute atomic E-state index is 0. The van der Waals surface area contributed by atoms with Crippen molar-refractivity contribution in [2.24, 2.45) is 0 Å². The summed E-state index contributed by atoms with van der Waals surface area (Å²) >= 11 is 0. The number of nitrogens with one attached hydrogen (secondary N) is 1. The van der Waals surface area contributed by atoms with Gasteiger partial charge in [-0.1, -0.05) is 29.8 Å². The Balaban J connectivity index is 0.00000147. The van der Waals surface area contributed by atoms with Crippen molar-refractivity contribution in [1.82, 2.24) is 5.27 Å². The van der Waals surface area contributed by atoms with Crippen molar-refractivity contribution in [2.45, 2.75) is 13.3 Å². The van der Waals surface area contributed by atoms with Gasteiger partial charge in [-0.3, -0.25) is 5.41 Å². The molecule has 1 aromatic carbocycles. The first-order valence-electron chi connectivity index (χ1n) is 6.13. The van der Waals surface area contributed by atoms with Crippen LogP contribution in [-0.2, 0) is 0 Å². The fourth-order valence-corrected chi connectivity index (χ4v) is 2.14. The second kappa shape index (κ2) is 5.84. The van der Waals surface area contributed by atoms with Crippen molar-refractivity contribution >= 4 is 11.4 Å². The molecule has 1 N–H and O–H groups in total. The Morgan fingerprint density at radius 2 is 1.95 bits per heavy atom. The van der Waals surface area contributed by atoms with Crippen LogP contribution in [0.1, 0.15) is 13.3 Å². The van der Waals surface area contributed by atoms with Gasteiger partial charge in [-0.25, -0.2) is 0 Å². The first-order chi connectivity index (χ1) is 9.25. The third kappa shape index (κ3) is 2.56. The zero-order valence-electron chi connectivity index (χ0n) is 11.0. The lowest BCUT2D eigenvalue weighted by molar-refractivity contribution is -0.642. The van der Waals surface area contributed by atoms with E-state index in [-0.39, 0.29) is 12.4 Å². The number of benzene rings is 1. The van der Waals surface area contributed by atoms with Crippen molar-refractivity contribution in [1.29, 1.82) is 5.41 Å². The summed E-state index contributed by atoms with van der Waals surface area (Å²) < 4.78 is 6.76. The van der Waals surface area contributed by atoms with Crippen LogP contribution >= 0.6 is 0 Å². The fourth-order valence-electron chi connectivity index (χ4n) is 2.14. The molecule has 0 fully saturated rings. The van der Waals surface area contributed by atoms with Gasteiger partial charge in [0.1, 0.15) is 5.71 Å². The first kappa shape index (κ1) is 14.2. The molecule has 0 spiro atoms. The van der Waals surface area contributed by atoms with E-state index in [1.165, 1.54) is 5.57 Å². The normalized spacial score (nSPS) is 14.3. The van der Waals surface area contributed by atoms with Crippen molar-refractivity contribution in [3.63, 3.8) is 0 Å². The van der Waals surface area contributed by atoms with E-state index in [1.807, 2.05) is 49.4 Å². The number of nitrogens with zero attached hydrogens (tertiary/aromatic N) is 2. The number of halogens is 1. The van der Waals surface area contributed by atoms with E-state index in [4.69, 9.17) is 9.93 Å². The van der Waals surface area contributed by atoms with Crippen molar-refractivity contribution in [2.75, 3.05) is 0 Å². The lowest BCUT2D eigenvalue weighted by Gasteiger charge is -2.06. The smallest absolute Gasteiger partial charge is 0.287 e. The molecule has 0 bridgehead atoms. The first-order valence-corrected chi connectivity index (χ1v) is 6.13. The van der Waals surface area contributed by atoms with E-state index >= 15 is 0 Å². The van der Waals surface area contributed by atoms with Crippen LogP contribution in [0, 0.1) is 5.41 Å². The van der Waals surface area contributed by atoms with Gasteiger partial charge in [-0.15, -0.1) is 0 Å². The number of allylic oxidation sites excluding steroid dienone is 4. The van der Waals surface area contributed by atoms with Crippen LogP contribution in [0.5, 0.6) is 0 Å². The van der Waals surface area contributed by atoms with Gasteiger partial charge >= 0.3 is 0 Å². The van der Waals surface area contributed by atoms with E-state index in [9.17, 15) is 0 Å². The molecular formula is C15H14ClN3O. The minimum Gasteiger partial charge on any atom is -1.00 e. The zero-order chi connectivity index (χ0) is 13.2. The summed E-state index contributed by atoms with van der Waals surface area (Å²) in [5.41, 5.74) is 4.36. The number of aromatic nitrogens is 2. The van der Waals surface area contributed by atoms with Gasteiger partial charge in [0.2, 0.25) is 11.5 Å². The molecule has 0 unspecified atom stereocenters. The lowest BCUT2D eigenvalue weighted by Crippen LogP contribution is -3.00. The highest BCUT2D eigenvalue weighted by atomic mass is 35.5. The molecule has 0 atom stereocenters. The Morgan fingerprint density at radius 3 is 2.65 bits per heavy atom. The summed E-state index contributed by atoms with van der Waals surface area (Å²) in [5, 5.41) is 12.1. The highest BCUT2D eigenvalue weighted by Crippen LogP contribution is 2.19. The summed E-state index contributed by atoms with van der Waals surface area (Å²) in [7, 11) is 0. The third-order valence-corrected chi connectivity index (χ3v) is 3.11. The van der Waals surface area contributed by atoms with Crippen LogP contribution < -0.4 is 17.1 Å². The molecule has 1 aromatic heterocycles. The molecule has 4 nitrogen and oxygen atoms in total. The molecule has 3 rings (SSSR count). The standard InChI is InChI=1S/C15H14N3O.ClH/c1-11-7-8-14(13(16)9-11)18-15(10-19-17-18)12-5-3-2-4-6-12;/h2-8,10,16H,9H2,1H3;1H/q+1;/p-1. The Hall–Kier alpha value is -2.20. The summed E-state index contributed by atoms with van der Waals surface area (Å²) in [6, 6.07) is 9.90. The van der Waals surface area contributed by atoms with Crippen LogP contribution in [0.3, 0.4) is 0 Å². The van der Waals surface area contributed by atoms with Crippen molar-refractivity contribution in [3.8, 4) is 11.3 Å². The molecule has 0 saturated carbocycles. The average Bonchev–Trinajstić information content (AvgIpc) is 2.89. The van der Waals surface area contributed by atoms with Crippen LogP contribution in [0.15, 0.2) is 58.8 Å². The van der Waals surface area contributed by atoms with Crippen molar-refractivity contribution < 1.29 is 21.6 Å². The SMILES string of the molecule is CC1=CC=C([n+]2nocc2-c2ccccc2)C(=N)C1.[Cl-]. The van der Waals surface area contributed by atoms with Crippen LogP contribution in [0.25, 0.3) is 17.0 Å². The predicted molar refractivity (Wildman–Crippen MR) is 72.5 cm³/mol. The Bertz CT molecular complexity index is 686. The average molecular weight is 288 g/mol. The van der Waals surface area contributed by atoms with E-state index < -0.39 is 0 Å². The van der Waals surface area contributed by atoms with Gasteiger partial charge in [-0.05, 0) is 23.7 Å². The molecule has 0 aliphatic heterocycles. The maximum atomic E-state index is 8.10. The second-order valence-electron chi connectivity index (χ2n) is 4.59. The van der Waals surface area contributed by atoms with E-state index in [0.29, 0.717) is 12.1 Å². The van der Waals surface area contributed by atoms with Gasteiger partial charge in [0.25, 0.3) is 11.4 Å². The predicted octanol–water partition coefficient (Wildman–Crippen LogP) is -0.156. The summed E-state index contributed by atoms with van der Waals surface area (Å²) in [6.45, 7) is 2.02. The van der Waals surface area contributed by atoms with Gasteiger partial charge in [0.15, 0.2) is 0 Å². The molecule has 0 radical (unpaired) electrons. The highest BCUT2D eigenvalue weighted by Gasteiger charge is 2.28. The van der Waals surface area contributed by atoms with Gasteiger partial charge < -0.3 is 16.9 Å². The van der Waals surface area contributed by atoms with E-state index in [2.05, 4.69) is 5.27 Å². The molecule has 102 valence electrons. The van der Waals surface area contributed by atoms with Gasteiger partial charge in [-0.2, -0.15) is 0 Å². The van der Waals surface area contributed by atoms with Crippen LogP contribution in [-0.4, -0.2) is 11.0 Å². The number of hydrogen-bond acceptors (Lipinski definition) is 3. The largest absolute Gasteiger partial charge is 1.00 e. The maximum Gasteiger partial charge on any atom is 0.287 e. The molecule has 20 heavy (non-hydrogen) atoms. The maximum absolute atomic E-state index is 8.10. The van der Waals surface area contributed by atoms with Gasteiger partial charge in [0, 0.05) is 12.5 Å². The second-order valence-corrected chi connectivity index (χ2v) is 4.59. The van der Waals surface area contributed by atoms with E-state index in [1.54, 1.807) is 10.9 Å². The Labute approximate surface area is 123 Å². The van der Waals surface area contributed by atoms with Gasteiger partial charge in [0.05, 0.1) is 5.56 Å². The van der Waals surface area contributed by atoms with Crippen LogP contribution in [0.4, 0.5) is 0 Å². The highest BCUT2D eigenvalue weighted by molar-refractivity contribution is 6.15. The molecule has 2 aromatic rings. The molecule has 5 heteroatoms. The molecule has 0 saturated heterocycles. The summed E-state index contributed by atoms with van der Waals surface area (Å²) in [6.07, 6.45) is 6.19. The summed E-state index contributed by atoms with van der Waals surface area (Å²) in [5.74, 6) is 0. The zero-order valence-corrected chi connectivity index (χ0v) is 11.8. The monoisotopic (exact) mass is 287 g/mol. The number of rotatable bonds is 2. The quantitative estimate of drug-likeness (QED) is 0.781. The molecule has 1 heterocycles. The fraction of sp³-hybridized carbons (Fsp3) is 0.133. The molecule has 1 aliphatic rings. The lowest BCUT2D eigenvalue weighted by atomic mass is 10.0.